The van der Waals surface area contributed by atoms with Crippen LogP contribution in [0.1, 0.15) is 42.9 Å². The zero-order valence-electron chi connectivity index (χ0n) is 21.1. The number of hydrogen-bond acceptors (Lipinski definition) is 5. The molecule has 2 aromatic carbocycles. The molecule has 2 N–H and O–H groups in total. The maximum Gasteiger partial charge on any atom is 0.242 e. The number of aromatic nitrogens is 1. The molecule has 1 aromatic heterocycles. The summed E-state index contributed by atoms with van der Waals surface area (Å²) in [5.41, 5.74) is 2.55. The van der Waals surface area contributed by atoms with Gasteiger partial charge in [-0.3, -0.25) is 14.6 Å². The predicted molar refractivity (Wildman–Crippen MR) is 146 cm³/mol. The summed E-state index contributed by atoms with van der Waals surface area (Å²) >= 11 is 6.02. The lowest BCUT2D eigenvalue weighted by Gasteiger charge is -2.29. The Kier molecular flexibility index (Phi) is 9.14. The zero-order valence-corrected chi connectivity index (χ0v) is 22.7. The van der Waals surface area contributed by atoms with Gasteiger partial charge in [0.05, 0.1) is 4.90 Å². The van der Waals surface area contributed by atoms with E-state index in [4.69, 9.17) is 11.6 Å². The van der Waals surface area contributed by atoms with Crippen LogP contribution in [-0.2, 0) is 39.1 Å². The highest BCUT2D eigenvalue weighted by Crippen LogP contribution is 2.22. The number of benzene rings is 2. The van der Waals surface area contributed by atoms with E-state index in [9.17, 15) is 18.0 Å². The largest absolute Gasteiger partial charge is 0.350 e. The molecule has 1 fully saturated rings. The summed E-state index contributed by atoms with van der Waals surface area (Å²) in [5.74, 6) is -0.454. The molecule has 1 aliphatic rings. The van der Waals surface area contributed by atoms with E-state index in [1.807, 2.05) is 18.2 Å². The predicted octanol–water partition coefficient (Wildman–Crippen LogP) is 3.84. The van der Waals surface area contributed by atoms with E-state index in [2.05, 4.69) is 15.0 Å². The smallest absolute Gasteiger partial charge is 0.242 e. The summed E-state index contributed by atoms with van der Waals surface area (Å²) in [6.07, 6.45) is 5.66. The van der Waals surface area contributed by atoms with Crippen molar-refractivity contribution >= 4 is 33.4 Å². The molecule has 1 aliphatic carbocycles. The summed E-state index contributed by atoms with van der Waals surface area (Å²) in [6, 6.07) is 16.7. The quantitative estimate of drug-likeness (QED) is 0.353. The van der Waals surface area contributed by atoms with Crippen molar-refractivity contribution < 1.29 is 18.0 Å². The highest BCUT2D eigenvalue weighted by molar-refractivity contribution is 7.89. The van der Waals surface area contributed by atoms with Gasteiger partial charge in [-0.15, -0.1) is 0 Å². The van der Waals surface area contributed by atoms with E-state index >= 15 is 0 Å². The van der Waals surface area contributed by atoms with Gasteiger partial charge in [-0.1, -0.05) is 41.9 Å². The second-order valence-electron chi connectivity index (χ2n) is 9.44. The molecule has 2 amide bonds. The molecule has 200 valence electrons. The number of pyridine rings is 1. The van der Waals surface area contributed by atoms with Gasteiger partial charge >= 0.3 is 0 Å². The van der Waals surface area contributed by atoms with Gasteiger partial charge in [0.2, 0.25) is 21.8 Å². The lowest BCUT2D eigenvalue weighted by atomic mass is 10.1. The molecular formula is C28H31ClN4O4S. The second kappa shape index (κ2) is 12.5. The van der Waals surface area contributed by atoms with E-state index in [0.29, 0.717) is 18.0 Å². The van der Waals surface area contributed by atoms with Crippen molar-refractivity contribution in [2.75, 3.05) is 0 Å². The summed E-state index contributed by atoms with van der Waals surface area (Å²) in [6.45, 7) is 2.27. The highest BCUT2D eigenvalue weighted by atomic mass is 35.5. The molecule has 0 radical (unpaired) electrons. The lowest BCUT2D eigenvalue weighted by molar-refractivity contribution is -0.140. The minimum absolute atomic E-state index is 0.0347. The van der Waals surface area contributed by atoms with Crippen molar-refractivity contribution in [1.29, 1.82) is 0 Å². The number of aryl methyl sites for hydroxylation is 1. The van der Waals surface area contributed by atoms with E-state index in [-0.39, 0.29) is 35.7 Å². The third-order valence-electron chi connectivity index (χ3n) is 6.38. The fourth-order valence-electron chi connectivity index (χ4n) is 3.93. The van der Waals surface area contributed by atoms with Gasteiger partial charge in [0, 0.05) is 43.0 Å². The average Bonchev–Trinajstić information content (AvgIpc) is 3.74. The number of nitrogens with one attached hydrogen (secondary N) is 2. The molecule has 4 rings (SSSR count). The third kappa shape index (κ3) is 7.86. The molecule has 3 aromatic rings. The minimum Gasteiger partial charge on any atom is -0.350 e. The number of halogens is 1. The summed E-state index contributed by atoms with van der Waals surface area (Å²) in [7, 11) is -3.53. The monoisotopic (exact) mass is 554 g/mol. The maximum absolute atomic E-state index is 13.4. The molecule has 8 nitrogen and oxygen atoms in total. The zero-order chi connectivity index (χ0) is 27.1. The molecule has 0 saturated heterocycles. The van der Waals surface area contributed by atoms with Gasteiger partial charge in [-0.25, -0.2) is 13.1 Å². The Morgan fingerprint density at radius 2 is 1.71 bits per heavy atom. The summed E-state index contributed by atoms with van der Waals surface area (Å²) in [5, 5.41) is 3.47. The number of sulfonamides is 1. The number of nitrogens with zero attached hydrogens (tertiary/aromatic N) is 2. The Morgan fingerprint density at radius 1 is 1.03 bits per heavy atom. The minimum atomic E-state index is -3.53. The molecule has 0 bridgehead atoms. The number of amides is 2. The van der Waals surface area contributed by atoms with E-state index in [0.717, 1.165) is 29.5 Å². The first kappa shape index (κ1) is 27.8. The first-order chi connectivity index (χ1) is 18.2. The Hall–Kier alpha value is -3.27. The third-order valence-corrected chi connectivity index (χ3v) is 8.17. The molecule has 0 aliphatic heterocycles. The topological polar surface area (TPSA) is 108 Å². The normalized spacial score (nSPS) is 14.1. The molecule has 0 spiro atoms. The van der Waals surface area contributed by atoms with Crippen molar-refractivity contribution in [2.24, 2.45) is 0 Å². The number of carbonyl (C=O) groups is 2. The van der Waals surface area contributed by atoms with Crippen LogP contribution in [0, 0.1) is 0 Å². The van der Waals surface area contributed by atoms with Gasteiger partial charge in [0.1, 0.15) is 6.04 Å². The molecule has 1 saturated carbocycles. The first-order valence-corrected chi connectivity index (χ1v) is 14.4. The highest BCUT2D eigenvalue weighted by Gasteiger charge is 2.28. The van der Waals surface area contributed by atoms with E-state index in [1.165, 1.54) is 0 Å². The Morgan fingerprint density at radius 3 is 2.34 bits per heavy atom. The fourth-order valence-corrected chi connectivity index (χ4v) is 5.36. The van der Waals surface area contributed by atoms with Crippen molar-refractivity contribution in [3.05, 3.63) is 94.8 Å². The van der Waals surface area contributed by atoms with Crippen molar-refractivity contribution in [3.8, 4) is 0 Å². The van der Waals surface area contributed by atoms with Gasteiger partial charge in [0.15, 0.2) is 0 Å². The van der Waals surface area contributed by atoms with Crippen LogP contribution in [0.25, 0.3) is 0 Å². The fraction of sp³-hybridized carbons (Fsp3) is 0.321. The van der Waals surface area contributed by atoms with Crippen LogP contribution in [0.3, 0.4) is 0 Å². The van der Waals surface area contributed by atoms with Crippen LogP contribution in [-0.4, -0.2) is 42.2 Å². The Balaban J connectivity index is 1.41. The summed E-state index contributed by atoms with van der Waals surface area (Å²) in [4.78, 5) is 32.2. The Labute approximate surface area is 228 Å². The van der Waals surface area contributed by atoms with Crippen LogP contribution in [0.5, 0.6) is 0 Å². The molecule has 0 unspecified atom stereocenters. The Bertz CT molecular complexity index is 1350. The van der Waals surface area contributed by atoms with E-state index in [1.54, 1.807) is 66.7 Å². The van der Waals surface area contributed by atoms with Crippen LogP contribution in [0.4, 0.5) is 0 Å². The average molecular weight is 555 g/mol. The van der Waals surface area contributed by atoms with Gasteiger partial charge in [-0.05, 0) is 73.2 Å². The van der Waals surface area contributed by atoms with Gasteiger partial charge < -0.3 is 10.2 Å². The molecule has 10 heteroatoms. The van der Waals surface area contributed by atoms with Gasteiger partial charge in [-0.2, -0.15) is 0 Å². The van der Waals surface area contributed by atoms with Crippen molar-refractivity contribution in [2.45, 2.75) is 62.7 Å². The standard InChI is InChI=1S/C28H31ClN4O4S/c1-20(28(35)31-18-23-3-2-16-30-17-23)33(19-22-4-9-24(29)10-5-22)27(34)15-8-21-6-13-26(14-7-21)38(36,37)32-25-11-12-25/h2-7,9-10,13-14,16-17,20,25,32H,8,11-12,15,18-19H2,1H3,(H,31,35)/t20-/m0/s1. The van der Waals surface area contributed by atoms with Crippen LogP contribution in [0.15, 0.2) is 78.0 Å². The first-order valence-electron chi connectivity index (χ1n) is 12.5. The number of carbonyl (C=O) groups excluding carboxylic acids is 2. The van der Waals surface area contributed by atoms with Crippen LogP contribution < -0.4 is 10.0 Å². The number of rotatable bonds is 12. The molecule has 1 heterocycles. The van der Waals surface area contributed by atoms with Gasteiger partial charge in [0.25, 0.3) is 0 Å². The summed E-state index contributed by atoms with van der Waals surface area (Å²) < 4.78 is 27.5. The second-order valence-corrected chi connectivity index (χ2v) is 11.6. The SMILES string of the molecule is C[C@@H](C(=O)NCc1cccnc1)N(Cc1ccc(Cl)cc1)C(=O)CCc1ccc(S(=O)(=O)NC2CC2)cc1. The van der Waals surface area contributed by atoms with E-state index < -0.39 is 16.1 Å². The lowest BCUT2D eigenvalue weighted by Crippen LogP contribution is -2.47. The molecule has 38 heavy (non-hydrogen) atoms. The van der Waals surface area contributed by atoms with Crippen LogP contribution >= 0.6 is 11.6 Å². The molecule has 1 atom stereocenters. The maximum atomic E-state index is 13.4. The van der Waals surface area contributed by atoms with Crippen molar-refractivity contribution in [3.63, 3.8) is 0 Å². The number of hydrogen-bond donors (Lipinski definition) is 2. The van der Waals surface area contributed by atoms with Crippen LogP contribution in [0.2, 0.25) is 5.02 Å². The molecular weight excluding hydrogens is 524 g/mol. The van der Waals surface area contributed by atoms with Crippen molar-refractivity contribution in [1.82, 2.24) is 19.9 Å².